The van der Waals surface area contributed by atoms with E-state index in [1.54, 1.807) is 6.07 Å². The number of carbonyl (C=O) groups is 2. The van der Waals surface area contributed by atoms with E-state index >= 15 is 0 Å². The highest BCUT2D eigenvalue weighted by Gasteiger charge is 2.37. The zero-order valence-electron chi connectivity index (χ0n) is 12.4. The SMILES string of the molecule is CC(C)c1ccc(C(=O)NC(C(=O)O)C2CC2)cc1[N+](=O)[O-]. The number of carbonyl (C=O) groups excluding carboxylic acids is 1. The van der Waals surface area contributed by atoms with Crippen LogP contribution in [-0.4, -0.2) is 27.9 Å². The van der Waals surface area contributed by atoms with E-state index in [4.69, 9.17) is 5.11 Å². The van der Waals surface area contributed by atoms with Crippen LogP contribution >= 0.6 is 0 Å². The maximum atomic E-state index is 12.2. The molecule has 0 bridgehead atoms. The second-order valence-corrected chi connectivity index (χ2v) is 5.81. The fourth-order valence-electron chi connectivity index (χ4n) is 2.37. The largest absolute Gasteiger partial charge is 0.480 e. The van der Waals surface area contributed by atoms with Crippen molar-refractivity contribution in [2.75, 3.05) is 0 Å². The molecule has 0 radical (unpaired) electrons. The number of carboxylic acids is 1. The van der Waals surface area contributed by atoms with Gasteiger partial charge in [-0.05, 0) is 30.7 Å². The summed E-state index contributed by atoms with van der Waals surface area (Å²) in [5, 5.41) is 22.7. The van der Waals surface area contributed by atoms with Crippen LogP contribution in [0.1, 0.15) is 48.5 Å². The molecule has 0 aliphatic heterocycles. The highest BCUT2D eigenvalue weighted by Crippen LogP contribution is 2.33. The lowest BCUT2D eigenvalue weighted by Crippen LogP contribution is -2.42. The summed E-state index contributed by atoms with van der Waals surface area (Å²) in [6, 6.07) is 3.31. The minimum atomic E-state index is -1.08. The van der Waals surface area contributed by atoms with Crippen LogP contribution in [-0.2, 0) is 4.79 Å². The first-order valence-corrected chi connectivity index (χ1v) is 7.13. The minimum Gasteiger partial charge on any atom is -0.480 e. The highest BCUT2D eigenvalue weighted by molar-refractivity contribution is 5.97. The number of benzene rings is 1. The van der Waals surface area contributed by atoms with E-state index in [-0.39, 0.29) is 23.1 Å². The van der Waals surface area contributed by atoms with Gasteiger partial charge in [0.1, 0.15) is 6.04 Å². The molecular weight excluding hydrogens is 288 g/mol. The second-order valence-electron chi connectivity index (χ2n) is 5.81. The highest BCUT2D eigenvalue weighted by atomic mass is 16.6. The first-order valence-electron chi connectivity index (χ1n) is 7.13. The predicted octanol–water partition coefficient (Wildman–Crippen LogP) is 2.31. The zero-order valence-corrected chi connectivity index (χ0v) is 12.4. The van der Waals surface area contributed by atoms with Crippen LogP contribution in [0, 0.1) is 16.0 Å². The summed E-state index contributed by atoms with van der Waals surface area (Å²) in [6.07, 6.45) is 1.54. The van der Waals surface area contributed by atoms with Crippen LogP contribution in [0.5, 0.6) is 0 Å². The molecular formula is C15H18N2O5. The lowest BCUT2D eigenvalue weighted by molar-refractivity contribution is -0.385. The molecule has 2 N–H and O–H groups in total. The van der Waals surface area contributed by atoms with Crippen molar-refractivity contribution < 1.29 is 19.6 Å². The van der Waals surface area contributed by atoms with E-state index in [2.05, 4.69) is 5.32 Å². The van der Waals surface area contributed by atoms with Gasteiger partial charge in [0.2, 0.25) is 0 Å². The lowest BCUT2D eigenvalue weighted by Gasteiger charge is -2.14. The van der Waals surface area contributed by atoms with Gasteiger partial charge in [-0.1, -0.05) is 19.9 Å². The molecule has 1 amide bonds. The van der Waals surface area contributed by atoms with Gasteiger partial charge in [0.05, 0.1) is 4.92 Å². The molecule has 0 aromatic heterocycles. The Labute approximate surface area is 127 Å². The van der Waals surface area contributed by atoms with Gasteiger partial charge >= 0.3 is 5.97 Å². The van der Waals surface area contributed by atoms with Crippen molar-refractivity contribution in [2.45, 2.75) is 38.6 Å². The summed E-state index contributed by atoms with van der Waals surface area (Å²) in [4.78, 5) is 33.9. The fourth-order valence-corrected chi connectivity index (χ4v) is 2.37. The van der Waals surface area contributed by atoms with Gasteiger partial charge < -0.3 is 10.4 Å². The molecule has 0 saturated heterocycles. The molecule has 0 spiro atoms. The molecule has 2 rings (SSSR count). The quantitative estimate of drug-likeness (QED) is 0.619. The van der Waals surface area contributed by atoms with E-state index in [0.717, 1.165) is 12.8 Å². The van der Waals surface area contributed by atoms with Gasteiger partial charge in [-0.25, -0.2) is 4.79 Å². The number of hydrogen-bond acceptors (Lipinski definition) is 4. The van der Waals surface area contributed by atoms with Crippen molar-refractivity contribution >= 4 is 17.6 Å². The van der Waals surface area contributed by atoms with E-state index in [1.807, 2.05) is 13.8 Å². The Balaban J connectivity index is 2.24. The number of nitrogens with one attached hydrogen (secondary N) is 1. The van der Waals surface area contributed by atoms with Crippen LogP contribution in [0.2, 0.25) is 0 Å². The van der Waals surface area contributed by atoms with Crippen molar-refractivity contribution in [3.63, 3.8) is 0 Å². The van der Waals surface area contributed by atoms with Gasteiger partial charge in [0.25, 0.3) is 11.6 Å². The van der Waals surface area contributed by atoms with Crippen molar-refractivity contribution in [3.8, 4) is 0 Å². The van der Waals surface area contributed by atoms with E-state index < -0.39 is 22.8 Å². The maximum absolute atomic E-state index is 12.2. The molecule has 7 heteroatoms. The molecule has 1 fully saturated rings. The Morgan fingerprint density at radius 2 is 2.00 bits per heavy atom. The molecule has 1 aromatic rings. The number of nitrogens with zero attached hydrogens (tertiary/aromatic N) is 1. The van der Waals surface area contributed by atoms with Gasteiger partial charge in [-0.15, -0.1) is 0 Å². The Bertz CT molecular complexity index is 622. The summed E-state index contributed by atoms with van der Waals surface area (Å²) in [6.45, 7) is 3.66. The topological polar surface area (TPSA) is 110 Å². The standard InChI is InChI=1S/C15H18N2O5/c1-8(2)11-6-5-10(7-12(11)17(21)22)14(18)16-13(15(19)20)9-3-4-9/h5-9,13H,3-4H2,1-2H3,(H,16,18)(H,19,20). The van der Waals surface area contributed by atoms with E-state index in [9.17, 15) is 19.7 Å². The minimum absolute atomic E-state index is 0.0456. The normalized spacial score (nSPS) is 15.4. The van der Waals surface area contributed by atoms with Crippen LogP contribution in [0.4, 0.5) is 5.69 Å². The monoisotopic (exact) mass is 306 g/mol. The van der Waals surface area contributed by atoms with Gasteiger partial charge in [-0.2, -0.15) is 0 Å². The molecule has 118 valence electrons. The Hall–Kier alpha value is -2.44. The number of amides is 1. The van der Waals surface area contributed by atoms with Crippen LogP contribution in [0.15, 0.2) is 18.2 Å². The van der Waals surface area contributed by atoms with Crippen molar-refractivity contribution in [3.05, 3.63) is 39.4 Å². The summed E-state index contributed by atoms with van der Waals surface area (Å²) in [5.74, 6) is -1.77. The zero-order chi connectivity index (χ0) is 16.4. The Morgan fingerprint density at radius 1 is 1.36 bits per heavy atom. The summed E-state index contributed by atoms with van der Waals surface area (Å²) in [5.41, 5.74) is 0.516. The average molecular weight is 306 g/mol. The summed E-state index contributed by atoms with van der Waals surface area (Å²) < 4.78 is 0. The Morgan fingerprint density at radius 3 is 2.45 bits per heavy atom. The van der Waals surface area contributed by atoms with Crippen LogP contribution < -0.4 is 5.32 Å². The van der Waals surface area contributed by atoms with Crippen molar-refractivity contribution in [2.24, 2.45) is 5.92 Å². The molecule has 0 heterocycles. The maximum Gasteiger partial charge on any atom is 0.326 e. The average Bonchev–Trinajstić information content (AvgIpc) is 3.27. The van der Waals surface area contributed by atoms with E-state index in [0.29, 0.717) is 5.56 Å². The third-order valence-corrected chi connectivity index (χ3v) is 3.76. The number of nitro groups is 1. The molecule has 1 unspecified atom stereocenters. The number of hydrogen-bond donors (Lipinski definition) is 2. The fraction of sp³-hybridized carbons (Fsp3) is 0.467. The van der Waals surface area contributed by atoms with Gasteiger partial charge in [0, 0.05) is 17.2 Å². The molecule has 1 aromatic carbocycles. The smallest absolute Gasteiger partial charge is 0.326 e. The van der Waals surface area contributed by atoms with Crippen molar-refractivity contribution in [1.82, 2.24) is 5.32 Å². The molecule has 1 saturated carbocycles. The first kappa shape index (κ1) is 15.9. The molecule has 22 heavy (non-hydrogen) atoms. The molecule has 1 atom stereocenters. The third kappa shape index (κ3) is 3.41. The number of carboxylic acid groups (broad SMARTS) is 1. The van der Waals surface area contributed by atoms with Gasteiger partial charge in [-0.3, -0.25) is 14.9 Å². The number of nitro benzene ring substituents is 1. The number of rotatable bonds is 6. The van der Waals surface area contributed by atoms with E-state index in [1.165, 1.54) is 12.1 Å². The van der Waals surface area contributed by atoms with Crippen molar-refractivity contribution in [1.29, 1.82) is 0 Å². The predicted molar refractivity (Wildman–Crippen MR) is 78.8 cm³/mol. The summed E-state index contributed by atoms with van der Waals surface area (Å²) in [7, 11) is 0. The Kier molecular flexibility index (Phi) is 4.44. The summed E-state index contributed by atoms with van der Waals surface area (Å²) >= 11 is 0. The molecule has 1 aliphatic rings. The molecule has 1 aliphatic carbocycles. The van der Waals surface area contributed by atoms with Gasteiger partial charge in [0.15, 0.2) is 0 Å². The first-order chi connectivity index (χ1) is 10.3. The lowest BCUT2D eigenvalue weighted by atomic mass is 9.99. The third-order valence-electron chi connectivity index (χ3n) is 3.76. The van der Waals surface area contributed by atoms with Crippen LogP contribution in [0.25, 0.3) is 0 Å². The molecule has 7 nitrogen and oxygen atoms in total. The number of aliphatic carboxylic acids is 1. The van der Waals surface area contributed by atoms with Crippen LogP contribution in [0.3, 0.4) is 0 Å². The second kappa shape index (κ2) is 6.13.